The summed E-state index contributed by atoms with van der Waals surface area (Å²) < 4.78 is 0. The van der Waals surface area contributed by atoms with Crippen molar-refractivity contribution >= 4 is 5.69 Å². The topological polar surface area (TPSA) is 38.0 Å². The summed E-state index contributed by atoms with van der Waals surface area (Å²) in [6, 6.07) is 6.39. The van der Waals surface area contributed by atoms with E-state index in [1.807, 2.05) is 0 Å². The van der Waals surface area contributed by atoms with Crippen LogP contribution in [0.5, 0.6) is 0 Å². The number of hydrogen-bond acceptors (Lipinski definition) is 2. The minimum absolute atomic E-state index is 1.01. The van der Waals surface area contributed by atoms with E-state index in [0.29, 0.717) is 0 Å². The molecule has 66 valence electrons. The van der Waals surface area contributed by atoms with Crippen molar-refractivity contribution in [2.45, 2.75) is 26.7 Å². The quantitative estimate of drug-likeness (QED) is 0.530. The van der Waals surface area contributed by atoms with E-state index in [9.17, 15) is 0 Å². The standard InChI is InChI=1S/C10H16N2/c1-3-8-5-9(4-2)7-10(6-8)12-11/h5-7,12H,3-4,11H2,1-2H3. The fraction of sp³-hybridized carbons (Fsp3) is 0.400. The lowest BCUT2D eigenvalue weighted by atomic mass is 10.1. The molecule has 0 spiro atoms. The molecule has 0 fully saturated rings. The first-order valence-electron chi connectivity index (χ1n) is 4.39. The van der Waals surface area contributed by atoms with E-state index in [1.54, 1.807) is 0 Å². The van der Waals surface area contributed by atoms with E-state index in [4.69, 9.17) is 5.84 Å². The van der Waals surface area contributed by atoms with Crippen LogP contribution in [0.3, 0.4) is 0 Å². The summed E-state index contributed by atoms with van der Waals surface area (Å²) in [6.07, 6.45) is 2.12. The minimum Gasteiger partial charge on any atom is -0.324 e. The molecule has 0 aromatic heterocycles. The van der Waals surface area contributed by atoms with Crippen molar-refractivity contribution in [2.24, 2.45) is 5.84 Å². The number of rotatable bonds is 3. The van der Waals surface area contributed by atoms with Gasteiger partial charge in [0.05, 0.1) is 0 Å². The van der Waals surface area contributed by atoms with Gasteiger partial charge in [-0.25, -0.2) is 0 Å². The molecule has 0 atom stereocenters. The lowest BCUT2D eigenvalue weighted by Gasteiger charge is -2.06. The van der Waals surface area contributed by atoms with Gasteiger partial charge >= 0.3 is 0 Å². The van der Waals surface area contributed by atoms with Crippen molar-refractivity contribution in [3.05, 3.63) is 29.3 Å². The molecule has 0 aliphatic rings. The van der Waals surface area contributed by atoms with Gasteiger partial charge in [-0.3, -0.25) is 5.84 Å². The smallest absolute Gasteiger partial charge is 0.0490 e. The Bertz CT molecular complexity index is 201. The average Bonchev–Trinajstić information content (AvgIpc) is 2.16. The number of nitrogen functional groups attached to an aromatic ring is 1. The Kier molecular flexibility index (Phi) is 3.11. The zero-order valence-corrected chi connectivity index (χ0v) is 7.72. The monoisotopic (exact) mass is 164 g/mol. The molecule has 0 aliphatic carbocycles. The maximum Gasteiger partial charge on any atom is 0.0490 e. The summed E-state index contributed by atoms with van der Waals surface area (Å²) in [6.45, 7) is 4.30. The molecule has 0 heterocycles. The fourth-order valence-corrected chi connectivity index (χ4v) is 1.25. The van der Waals surface area contributed by atoms with E-state index in [-0.39, 0.29) is 0 Å². The second-order valence-electron chi connectivity index (χ2n) is 2.89. The highest BCUT2D eigenvalue weighted by atomic mass is 15.2. The van der Waals surface area contributed by atoms with Crippen LogP contribution in [0.25, 0.3) is 0 Å². The van der Waals surface area contributed by atoms with Gasteiger partial charge in [0.1, 0.15) is 0 Å². The maximum atomic E-state index is 5.35. The van der Waals surface area contributed by atoms with Crippen LogP contribution >= 0.6 is 0 Å². The third-order valence-corrected chi connectivity index (χ3v) is 2.04. The second-order valence-corrected chi connectivity index (χ2v) is 2.89. The average molecular weight is 164 g/mol. The lowest BCUT2D eigenvalue weighted by Crippen LogP contribution is -2.07. The van der Waals surface area contributed by atoms with Crippen LogP contribution in [0.4, 0.5) is 5.69 Å². The van der Waals surface area contributed by atoms with Crippen molar-refractivity contribution < 1.29 is 0 Å². The van der Waals surface area contributed by atoms with Gasteiger partial charge in [-0.2, -0.15) is 0 Å². The molecule has 12 heavy (non-hydrogen) atoms. The van der Waals surface area contributed by atoms with Crippen LogP contribution in [0, 0.1) is 0 Å². The molecular formula is C10H16N2. The molecule has 0 saturated carbocycles. The van der Waals surface area contributed by atoms with Crippen LogP contribution in [0.15, 0.2) is 18.2 Å². The first kappa shape index (κ1) is 9.07. The molecule has 0 amide bonds. The zero-order chi connectivity index (χ0) is 8.97. The number of anilines is 1. The van der Waals surface area contributed by atoms with Gasteiger partial charge in [0.2, 0.25) is 0 Å². The highest BCUT2D eigenvalue weighted by Gasteiger charge is 1.96. The van der Waals surface area contributed by atoms with Crippen molar-refractivity contribution in [1.29, 1.82) is 0 Å². The van der Waals surface area contributed by atoms with Gasteiger partial charge in [-0.1, -0.05) is 19.9 Å². The normalized spacial score (nSPS) is 9.92. The third-order valence-electron chi connectivity index (χ3n) is 2.04. The van der Waals surface area contributed by atoms with Crippen molar-refractivity contribution in [2.75, 3.05) is 5.43 Å². The molecule has 1 aromatic rings. The molecule has 1 rings (SSSR count). The molecule has 2 heteroatoms. The highest BCUT2D eigenvalue weighted by Crippen LogP contribution is 2.14. The first-order chi connectivity index (χ1) is 5.80. The number of hydrazine groups is 1. The van der Waals surface area contributed by atoms with Gasteiger partial charge < -0.3 is 5.43 Å². The molecular weight excluding hydrogens is 148 g/mol. The first-order valence-corrected chi connectivity index (χ1v) is 4.39. The Morgan fingerprint density at radius 1 is 1.08 bits per heavy atom. The largest absolute Gasteiger partial charge is 0.324 e. The van der Waals surface area contributed by atoms with Crippen LogP contribution in [0.2, 0.25) is 0 Å². The summed E-state index contributed by atoms with van der Waals surface area (Å²) in [5.41, 5.74) is 6.35. The molecule has 0 aliphatic heterocycles. The summed E-state index contributed by atoms with van der Waals surface area (Å²) in [4.78, 5) is 0. The third kappa shape index (κ3) is 1.98. The number of aryl methyl sites for hydroxylation is 2. The van der Waals surface area contributed by atoms with E-state index < -0.39 is 0 Å². The number of nitrogens with one attached hydrogen (secondary N) is 1. The zero-order valence-electron chi connectivity index (χ0n) is 7.72. The van der Waals surface area contributed by atoms with Gasteiger partial charge in [0.25, 0.3) is 0 Å². The molecule has 0 unspecified atom stereocenters. The lowest BCUT2D eigenvalue weighted by molar-refractivity contribution is 1.08. The van der Waals surface area contributed by atoms with Gasteiger partial charge in [0, 0.05) is 5.69 Å². The molecule has 3 N–H and O–H groups in total. The number of benzene rings is 1. The second kappa shape index (κ2) is 4.12. The predicted octanol–water partition coefficient (Wildman–Crippen LogP) is 2.10. The van der Waals surface area contributed by atoms with E-state index >= 15 is 0 Å². The van der Waals surface area contributed by atoms with Crippen LogP contribution in [-0.2, 0) is 12.8 Å². The van der Waals surface area contributed by atoms with Crippen LogP contribution in [-0.4, -0.2) is 0 Å². The van der Waals surface area contributed by atoms with Crippen molar-refractivity contribution in [1.82, 2.24) is 0 Å². The van der Waals surface area contributed by atoms with Gasteiger partial charge in [-0.05, 0) is 36.1 Å². The van der Waals surface area contributed by atoms with E-state index in [0.717, 1.165) is 18.5 Å². The number of hydrogen-bond donors (Lipinski definition) is 2. The Balaban J connectivity index is 3.01. The highest BCUT2D eigenvalue weighted by molar-refractivity contribution is 5.47. The fourth-order valence-electron chi connectivity index (χ4n) is 1.25. The maximum absolute atomic E-state index is 5.35. The Labute approximate surface area is 73.8 Å². The van der Waals surface area contributed by atoms with Crippen molar-refractivity contribution in [3.63, 3.8) is 0 Å². The van der Waals surface area contributed by atoms with Gasteiger partial charge in [0.15, 0.2) is 0 Å². The van der Waals surface area contributed by atoms with E-state index in [1.165, 1.54) is 11.1 Å². The van der Waals surface area contributed by atoms with Gasteiger partial charge in [-0.15, -0.1) is 0 Å². The Hall–Kier alpha value is -1.02. The Morgan fingerprint density at radius 3 is 1.92 bits per heavy atom. The summed E-state index contributed by atoms with van der Waals surface area (Å²) in [5, 5.41) is 0. The predicted molar refractivity (Wildman–Crippen MR) is 53.0 cm³/mol. The number of nitrogens with two attached hydrogens (primary N) is 1. The van der Waals surface area contributed by atoms with E-state index in [2.05, 4.69) is 37.5 Å². The summed E-state index contributed by atoms with van der Waals surface area (Å²) in [5.74, 6) is 5.35. The molecule has 1 aromatic carbocycles. The molecule has 0 saturated heterocycles. The molecule has 2 nitrogen and oxygen atoms in total. The van der Waals surface area contributed by atoms with Crippen LogP contribution < -0.4 is 11.3 Å². The van der Waals surface area contributed by atoms with Crippen molar-refractivity contribution in [3.8, 4) is 0 Å². The minimum atomic E-state index is 1.01. The Morgan fingerprint density at radius 2 is 1.58 bits per heavy atom. The summed E-state index contributed by atoms with van der Waals surface area (Å²) in [7, 11) is 0. The molecule has 0 bridgehead atoms. The SMILES string of the molecule is CCc1cc(CC)cc(NN)c1. The molecule has 0 radical (unpaired) electrons. The summed E-state index contributed by atoms with van der Waals surface area (Å²) >= 11 is 0. The van der Waals surface area contributed by atoms with Crippen LogP contribution in [0.1, 0.15) is 25.0 Å².